The normalized spacial score (nSPS) is 13.8. The van der Waals surface area contributed by atoms with Crippen molar-refractivity contribution in [1.82, 2.24) is 5.01 Å². The summed E-state index contributed by atoms with van der Waals surface area (Å²) in [7, 11) is 0. The topological polar surface area (TPSA) is 59.0 Å². The molecule has 0 saturated carbocycles. The van der Waals surface area contributed by atoms with E-state index in [2.05, 4.69) is 5.10 Å². The van der Waals surface area contributed by atoms with Crippen molar-refractivity contribution in [3.63, 3.8) is 0 Å². The van der Waals surface area contributed by atoms with Crippen molar-refractivity contribution in [3.05, 3.63) is 57.2 Å². The molecule has 1 aromatic heterocycles. The van der Waals surface area contributed by atoms with E-state index in [0.29, 0.717) is 22.2 Å². The zero-order valence-electron chi connectivity index (χ0n) is 12.1. The second kappa shape index (κ2) is 6.93. The lowest BCUT2D eigenvalue weighted by Gasteiger charge is -2.11. The molecule has 0 radical (unpaired) electrons. The number of nitrogens with zero attached hydrogens (tertiary/aromatic N) is 2. The quantitative estimate of drug-likeness (QED) is 0.797. The van der Waals surface area contributed by atoms with E-state index < -0.39 is 5.97 Å². The fourth-order valence-electron chi connectivity index (χ4n) is 2.17. The van der Waals surface area contributed by atoms with Crippen molar-refractivity contribution in [2.24, 2.45) is 5.10 Å². The highest BCUT2D eigenvalue weighted by atomic mass is 35.5. The molecule has 1 aliphatic heterocycles. The van der Waals surface area contributed by atoms with Gasteiger partial charge in [-0.15, -0.1) is 11.3 Å². The molecule has 0 saturated heterocycles. The van der Waals surface area contributed by atoms with E-state index in [4.69, 9.17) is 16.3 Å². The van der Waals surface area contributed by atoms with Gasteiger partial charge in [0.15, 0.2) is 6.61 Å². The summed E-state index contributed by atoms with van der Waals surface area (Å²) in [6, 6.07) is 12.9. The van der Waals surface area contributed by atoms with Gasteiger partial charge in [-0.3, -0.25) is 4.79 Å². The van der Waals surface area contributed by atoms with Crippen LogP contribution in [0, 0.1) is 0 Å². The van der Waals surface area contributed by atoms with Gasteiger partial charge in [-0.1, -0.05) is 41.9 Å². The van der Waals surface area contributed by atoms with Crippen LogP contribution in [-0.4, -0.2) is 35.7 Å². The highest BCUT2D eigenvalue weighted by molar-refractivity contribution is 7.17. The monoisotopic (exact) mass is 348 g/mol. The van der Waals surface area contributed by atoms with Gasteiger partial charge in [0, 0.05) is 6.42 Å². The van der Waals surface area contributed by atoms with Gasteiger partial charge in [-0.05, 0) is 17.7 Å². The maximum Gasteiger partial charge on any atom is 0.348 e. The zero-order valence-corrected chi connectivity index (χ0v) is 13.6. The van der Waals surface area contributed by atoms with Crippen molar-refractivity contribution < 1.29 is 14.3 Å². The van der Waals surface area contributed by atoms with Gasteiger partial charge in [0.1, 0.15) is 4.88 Å². The van der Waals surface area contributed by atoms with E-state index in [1.54, 1.807) is 12.1 Å². The number of hydrogen-bond acceptors (Lipinski definition) is 5. The van der Waals surface area contributed by atoms with Gasteiger partial charge in [-0.25, -0.2) is 9.80 Å². The van der Waals surface area contributed by atoms with E-state index in [0.717, 1.165) is 22.6 Å². The summed E-state index contributed by atoms with van der Waals surface area (Å²) in [6.07, 6.45) is 0.685. The Balaban J connectivity index is 1.57. The molecule has 0 atom stereocenters. The number of halogens is 1. The molecular formula is C16H13ClN2O3S. The average Bonchev–Trinajstić information content (AvgIpc) is 3.22. The lowest BCUT2D eigenvalue weighted by Crippen LogP contribution is -2.28. The number of benzene rings is 1. The lowest BCUT2D eigenvalue weighted by molar-refractivity contribution is -0.134. The predicted octanol–water partition coefficient (Wildman–Crippen LogP) is 3.19. The van der Waals surface area contributed by atoms with Crippen molar-refractivity contribution in [1.29, 1.82) is 0 Å². The molecule has 0 unspecified atom stereocenters. The van der Waals surface area contributed by atoms with Crippen molar-refractivity contribution in [2.75, 3.05) is 13.2 Å². The van der Waals surface area contributed by atoms with E-state index in [1.165, 1.54) is 5.01 Å². The Morgan fingerprint density at radius 2 is 2.00 bits per heavy atom. The number of carbonyl (C=O) groups is 2. The molecule has 1 aromatic carbocycles. The minimum Gasteiger partial charge on any atom is -0.451 e. The largest absolute Gasteiger partial charge is 0.451 e. The van der Waals surface area contributed by atoms with Crippen molar-refractivity contribution >= 4 is 40.5 Å². The van der Waals surface area contributed by atoms with Gasteiger partial charge in [-0.2, -0.15) is 5.10 Å². The van der Waals surface area contributed by atoms with Crippen LogP contribution in [0.3, 0.4) is 0 Å². The summed E-state index contributed by atoms with van der Waals surface area (Å²) in [5, 5.41) is 5.65. The van der Waals surface area contributed by atoms with Gasteiger partial charge in [0.05, 0.1) is 16.6 Å². The third-order valence-corrected chi connectivity index (χ3v) is 4.51. The summed E-state index contributed by atoms with van der Waals surface area (Å²) in [4.78, 5) is 24.2. The highest BCUT2D eigenvalue weighted by Gasteiger charge is 2.23. The van der Waals surface area contributed by atoms with Crippen molar-refractivity contribution in [3.8, 4) is 0 Å². The molecule has 1 amide bonds. The molecule has 0 aliphatic carbocycles. The Morgan fingerprint density at radius 1 is 1.22 bits per heavy atom. The van der Waals surface area contributed by atoms with E-state index in [1.807, 2.05) is 30.3 Å². The summed E-state index contributed by atoms with van der Waals surface area (Å²) in [5.74, 6) is -0.895. The Hall–Kier alpha value is -2.18. The fraction of sp³-hybridized carbons (Fsp3) is 0.188. The van der Waals surface area contributed by atoms with Crippen LogP contribution in [0.15, 0.2) is 47.6 Å². The third kappa shape index (κ3) is 3.78. The summed E-state index contributed by atoms with van der Waals surface area (Å²) < 4.78 is 5.51. The first kappa shape index (κ1) is 15.7. The van der Waals surface area contributed by atoms with Crippen LogP contribution in [-0.2, 0) is 9.53 Å². The molecule has 5 nitrogen and oxygen atoms in total. The van der Waals surface area contributed by atoms with Crippen LogP contribution in [0.1, 0.15) is 21.7 Å². The maximum absolute atomic E-state index is 12.1. The number of hydrazone groups is 1. The number of esters is 1. The standard InChI is InChI=1S/C16H13ClN2O3S/c17-14-7-6-13(23-14)16(21)22-10-15(20)19-9-8-12(18-19)11-4-2-1-3-5-11/h1-7H,8-10H2. The minimum absolute atomic E-state index is 0.333. The molecule has 7 heteroatoms. The molecule has 2 aromatic rings. The number of thiophene rings is 1. The minimum atomic E-state index is -0.554. The van der Waals surface area contributed by atoms with E-state index in [-0.39, 0.29) is 12.5 Å². The fourth-order valence-corrected chi connectivity index (χ4v) is 3.10. The lowest BCUT2D eigenvalue weighted by atomic mass is 10.1. The molecule has 0 fully saturated rings. The molecule has 23 heavy (non-hydrogen) atoms. The molecular weight excluding hydrogens is 336 g/mol. The van der Waals surface area contributed by atoms with Crippen LogP contribution in [0.2, 0.25) is 4.34 Å². The van der Waals surface area contributed by atoms with Gasteiger partial charge < -0.3 is 4.74 Å². The molecule has 118 valence electrons. The smallest absolute Gasteiger partial charge is 0.348 e. The van der Waals surface area contributed by atoms with E-state index >= 15 is 0 Å². The van der Waals surface area contributed by atoms with Gasteiger partial charge in [0.2, 0.25) is 0 Å². The predicted molar refractivity (Wildman–Crippen MR) is 88.9 cm³/mol. The first-order valence-corrected chi connectivity index (χ1v) is 8.18. The molecule has 2 heterocycles. The van der Waals surface area contributed by atoms with Gasteiger partial charge in [0.25, 0.3) is 5.91 Å². The first-order valence-electron chi connectivity index (χ1n) is 6.99. The number of amides is 1. The summed E-state index contributed by atoms with van der Waals surface area (Å²) in [5.41, 5.74) is 1.85. The van der Waals surface area contributed by atoms with Crippen molar-refractivity contribution in [2.45, 2.75) is 6.42 Å². The van der Waals surface area contributed by atoms with Gasteiger partial charge >= 0.3 is 5.97 Å². The molecule has 0 spiro atoms. The number of hydrogen-bond donors (Lipinski definition) is 0. The first-order chi connectivity index (χ1) is 11.1. The van der Waals surface area contributed by atoms with E-state index in [9.17, 15) is 9.59 Å². The molecule has 3 rings (SSSR count). The highest BCUT2D eigenvalue weighted by Crippen LogP contribution is 2.22. The van der Waals surface area contributed by atoms with Crippen LogP contribution < -0.4 is 0 Å². The summed E-state index contributed by atoms with van der Waals surface area (Å²) >= 11 is 6.88. The third-order valence-electron chi connectivity index (χ3n) is 3.30. The average molecular weight is 349 g/mol. The molecule has 0 N–H and O–H groups in total. The maximum atomic E-state index is 12.1. The Labute approximate surface area is 142 Å². The number of rotatable bonds is 4. The SMILES string of the molecule is O=C(OCC(=O)N1CCC(c2ccccc2)=N1)c1ccc(Cl)s1. The Kier molecular flexibility index (Phi) is 4.73. The van der Waals surface area contributed by atoms with Crippen LogP contribution >= 0.6 is 22.9 Å². The zero-order chi connectivity index (χ0) is 16.2. The number of carbonyl (C=O) groups excluding carboxylic acids is 2. The van der Waals surface area contributed by atoms with Crippen LogP contribution in [0.5, 0.6) is 0 Å². The van der Waals surface area contributed by atoms with Crippen LogP contribution in [0.25, 0.3) is 0 Å². The number of ether oxygens (including phenoxy) is 1. The second-order valence-corrected chi connectivity index (χ2v) is 6.57. The molecule has 1 aliphatic rings. The Bertz CT molecular complexity index is 758. The second-order valence-electron chi connectivity index (χ2n) is 4.86. The van der Waals surface area contributed by atoms with Crippen LogP contribution in [0.4, 0.5) is 0 Å². The molecule has 0 bridgehead atoms. The summed E-state index contributed by atoms with van der Waals surface area (Å²) in [6.45, 7) is 0.158. The Morgan fingerprint density at radius 3 is 2.70 bits per heavy atom.